The second-order valence-electron chi connectivity index (χ2n) is 9.72. The molecule has 152 valence electrons. The zero-order valence-electron chi connectivity index (χ0n) is 17.8. The van der Waals surface area contributed by atoms with Crippen LogP contribution >= 0.6 is 0 Å². The molecular weight excluding hydrogens is 364 g/mol. The van der Waals surface area contributed by atoms with Crippen LogP contribution in [0, 0.1) is 16.7 Å². The summed E-state index contributed by atoms with van der Waals surface area (Å²) in [6.45, 7) is 8.34. The predicted octanol–water partition coefficient (Wildman–Crippen LogP) is 3.87. The Morgan fingerprint density at radius 1 is 1.41 bits per heavy atom. The second kappa shape index (κ2) is 5.90. The third kappa shape index (κ3) is 2.78. The van der Waals surface area contributed by atoms with Crippen molar-refractivity contribution in [2.75, 3.05) is 11.9 Å². The molecule has 2 N–H and O–H groups in total. The quantitative estimate of drug-likeness (QED) is 0.705. The number of hydrogen-bond acceptors (Lipinski definition) is 4. The van der Waals surface area contributed by atoms with E-state index in [4.69, 9.17) is 0 Å². The summed E-state index contributed by atoms with van der Waals surface area (Å²) in [4.78, 5) is 27.0. The highest BCUT2D eigenvalue weighted by Crippen LogP contribution is 2.59. The van der Waals surface area contributed by atoms with E-state index >= 15 is 0 Å². The first-order valence-corrected chi connectivity index (χ1v) is 10.4. The van der Waals surface area contributed by atoms with Crippen molar-refractivity contribution in [2.24, 2.45) is 16.7 Å². The van der Waals surface area contributed by atoms with E-state index in [1.165, 1.54) is 17.7 Å². The van der Waals surface area contributed by atoms with Crippen LogP contribution in [0.2, 0.25) is 0 Å². The smallest absolute Gasteiger partial charge is 0.232 e. The number of H-pyrrole nitrogens is 2. The van der Waals surface area contributed by atoms with Gasteiger partial charge in [-0.25, -0.2) is 9.97 Å². The van der Waals surface area contributed by atoms with Crippen molar-refractivity contribution < 1.29 is 4.79 Å². The summed E-state index contributed by atoms with van der Waals surface area (Å²) >= 11 is 0. The first-order valence-electron chi connectivity index (χ1n) is 10.4. The monoisotopic (exact) mass is 392 g/mol. The summed E-state index contributed by atoms with van der Waals surface area (Å²) in [7, 11) is 1.80. The minimum Gasteiger partial charge on any atom is -0.335 e. The molecular formula is C22H28N6O. The molecule has 5 rings (SSSR count). The van der Waals surface area contributed by atoms with Crippen LogP contribution in [0.15, 0.2) is 12.3 Å². The highest BCUT2D eigenvalue weighted by atomic mass is 16.2. The van der Waals surface area contributed by atoms with Crippen molar-refractivity contribution in [3.05, 3.63) is 23.5 Å². The maximum atomic E-state index is 12.8. The Kier molecular flexibility index (Phi) is 3.73. The first kappa shape index (κ1) is 18.3. The largest absolute Gasteiger partial charge is 0.335 e. The van der Waals surface area contributed by atoms with Gasteiger partial charge in [-0.05, 0) is 43.1 Å². The Hall–Kier alpha value is -2.70. The van der Waals surface area contributed by atoms with E-state index in [0.717, 1.165) is 47.9 Å². The van der Waals surface area contributed by atoms with E-state index in [-0.39, 0.29) is 5.91 Å². The summed E-state index contributed by atoms with van der Waals surface area (Å²) in [6.07, 6.45) is 5.94. The Balaban J connectivity index is 1.48. The van der Waals surface area contributed by atoms with Gasteiger partial charge >= 0.3 is 0 Å². The molecule has 2 aliphatic carbocycles. The van der Waals surface area contributed by atoms with Gasteiger partial charge in [-0.1, -0.05) is 27.7 Å². The Morgan fingerprint density at radius 2 is 2.21 bits per heavy atom. The number of anilines is 1. The van der Waals surface area contributed by atoms with Crippen molar-refractivity contribution in [2.45, 2.75) is 53.4 Å². The molecule has 1 saturated carbocycles. The molecule has 0 spiro atoms. The molecule has 2 aliphatic rings. The minimum absolute atomic E-state index is 0.0785. The molecule has 29 heavy (non-hydrogen) atoms. The van der Waals surface area contributed by atoms with Crippen LogP contribution in [-0.4, -0.2) is 38.1 Å². The molecule has 0 unspecified atom stereocenters. The van der Waals surface area contributed by atoms with Gasteiger partial charge < -0.3 is 9.88 Å². The van der Waals surface area contributed by atoms with Crippen LogP contribution in [0.1, 0.15) is 51.8 Å². The lowest BCUT2D eigenvalue weighted by Crippen LogP contribution is -2.38. The lowest BCUT2D eigenvalue weighted by Gasteiger charge is -2.28. The summed E-state index contributed by atoms with van der Waals surface area (Å²) in [6, 6.07) is 1.94. The average molecular weight is 393 g/mol. The number of rotatable bonds is 4. The van der Waals surface area contributed by atoms with Crippen molar-refractivity contribution in [1.82, 2.24) is 25.1 Å². The van der Waals surface area contributed by atoms with Gasteiger partial charge in [-0.3, -0.25) is 9.89 Å². The molecule has 0 aromatic carbocycles. The van der Waals surface area contributed by atoms with E-state index in [2.05, 4.69) is 32.1 Å². The van der Waals surface area contributed by atoms with Crippen LogP contribution in [0.25, 0.3) is 22.7 Å². The molecule has 1 fully saturated rings. The molecule has 7 heteroatoms. The molecule has 0 saturated heterocycles. The van der Waals surface area contributed by atoms with Crippen LogP contribution in [0.4, 0.5) is 5.69 Å². The Bertz CT molecular complexity index is 1130. The predicted molar refractivity (Wildman–Crippen MR) is 113 cm³/mol. The fraction of sp³-hybridized carbons (Fsp3) is 0.545. The van der Waals surface area contributed by atoms with Gasteiger partial charge in [0.25, 0.3) is 0 Å². The highest BCUT2D eigenvalue weighted by molar-refractivity contribution is 5.97. The van der Waals surface area contributed by atoms with Crippen LogP contribution in [-0.2, 0) is 17.6 Å². The third-order valence-electron chi connectivity index (χ3n) is 7.22. The molecule has 3 aromatic heterocycles. The molecule has 0 bridgehead atoms. The number of nitrogens with zero attached hydrogens (tertiary/aromatic N) is 4. The maximum Gasteiger partial charge on any atom is 0.232 e. The van der Waals surface area contributed by atoms with E-state index in [0.29, 0.717) is 11.1 Å². The number of fused-ring (bicyclic) bond motifs is 3. The van der Waals surface area contributed by atoms with Crippen LogP contribution < -0.4 is 4.90 Å². The number of pyridine rings is 1. The van der Waals surface area contributed by atoms with Crippen LogP contribution in [0.3, 0.4) is 0 Å². The number of carbonyl (C=O) groups is 1. The molecule has 3 heterocycles. The average Bonchev–Trinajstić information content (AvgIpc) is 3.02. The minimum atomic E-state index is -0.408. The fourth-order valence-electron chi connectivity index (χ4n) is 4.56. The fourth-order valence-corrected chi connectivity index (χ4v) is 4.56. The van der Waals surface area contributed by atoms with Gasteiger partial charge in [-0.2, -0.15) is 5.10 Å². The molecule has 2 atom stereocenters. The number of imidazole rings is 1. The lowest BCUT2D eigenvalue weighted by molar-refractivity contribution is -0.126. The molecule has 0 aliphatic heterocycles. The summed E-state index contributed by atoms with van der Waals surface area (Å²) < 4.78 is 0. The van der Waals surface area contributed by atoms with Crippen molar-refractivity contribution in [1.29, 1.82) is 0 Å². The SMILES string of the molecule is CCC(C)(C)C(=O)N(C)c1cnc2nc(-c3n[nH]c4c3C[C@@H]3C[C@]3(C)C4)[nH]c2c1. The van der Waals surface area contributed by atoms with Gasteiger partial charge in [0.1, 0.15) is 5.69 Å². The zero-order chi connectivity index (χ0) is 20.6. The van der Waals surface area contributed by atoms with E-state index < -0.39 is 5.41 Å². The third-order valence-corrected chi connectivity index (χ3v) is 7.22. The standard InChI is InChI=1S/C22H28N6O/c1-6-21(2,3)20(29)28(5)13-8-15-18(23-11-13)25-19(24-15)17-14-7-12-9-22(12,4)10-16(14)26-27-17/h8,11-12H,6-7,9-10H2,1-5H3,(H,26,27)(H,23,24,25)/t12-,22-/m1/s1. The molecule has 7 nitrogen and oxygen atoms in total. The Morgan fingerprint density at radius 3 is 2.97 bits per heavy atom. The molecule has 3 aromatic rings. The van der Waals surface area contributed by atoms with Crippen molar-refractivity contribution >= 4 is 22.8 Å². The number of nitrogens with one attached hydrogen (secondary N) is 2. The zero-order valence-corrected chi connectivity index (χ0v) is 17.8. The van der Waals surface area contributed by atoms with E-state index in [1.54, 1.807) is 18.1 Å². The van der Waals surface area contributed by atoms with Crippen LogP contribution in [0.5, 0.6) is 0 Å². The van der Waals surface area contributed by atoms with Gasteiger partial charge in [0.15, 0.2) is 11.5 Å². The highest BCUT2D eigenvalue weighted by Gasteiger charge is 2.53. The number of amides is 1. The molecule has 1 amide bonds. The van der Waals surface area contributed by atoms with Gasteiger partial charge in [0.2, 0.25) is 5.91 Å². The lowest BCUT2D eigenvalue weighted by atomic mass is 9.88. The number of carbonyl (C=O) groups excluding carboxylic acids is 1. The van der Waals surface area contributed by atoms with Gasteiger partial charge in [0.05, 0.1) is 17.4 Å². The van der Waals surface area contributed by atoms with Crippen molar-refractivity contribution in [3.8, 4) is 11.5 Å². The first-order chi connectivity index (χ1) is 13.7. The number of aromatic nitrogens is 5. The second-order valence-corrected chi connectivity index (χ2v) is 9.72. The summed E-state index contributed by atoms with van der Waals surface area (Å²) in [5.74, 6) is 1.59. The number of hydrogen-bond donors (Lipinski definition) is 2. The van der Waals surface area contributed by atoms with Gasteiger partial charge in [-0.15, -0.1) is 0 Å². The van der Waals surface area contributed by atoms with E-state index in [9.17, 15) is 4.79 Å². The maximum absolute atomic E-state index is 12.8. The van der Waals surface area contributed by atoms with E-state index in [1.807, 2.05) is 26.8 Å². The van der Waals surface area contributed by atoms with Crippen molar-refractivity contribution in [3.63, 3.8) is 0 Å². The molecule has 0 radical (unpaired) electrons. The van der Waals surface area contributed by atoms with Gasteiger partial charge in [0, 0.05) is 23.7 Å². The topological polar surface area (TPSA) is 90.6 Å². The summed E-state index contributed by atoms with van der Waals surface area (Å²) in [5, 5.41) is 7.80. The Labute approximate surface area is 170 Å². The summed E-state index contributed by atoms with van der Waals surface area (Å²) in [5.41, 5.74) is 5.72. The number of aromatic amines is 2. The normalized spacial score (nSPS) is 23.0.